The van der Waals surface area contributed by atoms with Crippen molar-refractivity contribution in [3.63, 3.8) is 0 Å². The number of carbonyl (C=O) groups is 1. The Morgan fingerprint density at radius 1 is 1.47 bits per heavy atom. The Kier molecular flexibility index (Phi) is 4.67. The Labute approximate surface area is 115 Å². The molecule has 0 unspecified atom stereocenters. The number of rotatable bonds is 3. The third-order valence-electron chi connectivity index (χ3n) is 2.34. The van der Waals surface area contributed by atoms with Crippen LogP contribution in [0.4, 0.5) is 0 Å². The number of aromatic nitrogens is 1. The van der Waals surface area contributed by atoms with Gasteiger partial charge in [-0.25, -0.2) is 0 Å². The number of hydrogen-bond donors (Lipinski definition) is 2. The van der Waals surface area contributed by atoms with Gasteiger partial charge in [0, 0.05) is 22.8 Å². The third-order valence-corrected chi connectivity index (χ3v) is 3.21. The van der Waals surface area contributed by atoms with Crippen molar-refractivity contribution in [2.45, 2.75) is 6.54 Å². The minimum Gasteiger partial charge on any atom is -0.347 e. The predicted molar refractivity (Wildman–Crippen MR) is 75.7 cm³/mol. The molecule has 2 aromatic rings. The molecule has 0 bridgehead atoms. The first-order chi connectivity index (χ1) is 9.29. The average molecular weight is 271 g/mol. The fourth-order valence-corrected chi connectivity index (χ4v) is 2.11. The summed E-state index contributed by atoms with van der Waals surface area (Å²) in [7, 11) is 0. The standard InChI is InChI=1S/C14H13N3OS/c15-5-1-3-11-7-12(9-16-8-11)14(18)17-10-13-4-2-6-19-13/h2,4,6-9H,5,10,15H2,(H,17,18). The second-order valence-electron chi connectivity index (χ2n) is 3.73. The lowest BCUT2D eigenvalue weighted by Crippen LogP contribution is -2.22. The van der Waals surface area contributed by atoms with E-state index in [-0.39, 0.29) is 12.5 Å². The smallest absolute Gasteiger partial charge is 0.253 e. The predicted octanol–water partition coefficient (Wildman–Crippen LogP) is 1.38. The van der Waals surface area contributed by atoms with Crippen LogP contribution in [0.15, 0.2) is 36.0 Å². The van der Waals surface area contributed by atoms with Crippen molar-refractivity contribution in [3.05, 3.63) is 52.0 Å². The molecule has 0 aromatic carbocycles. The molecule has 0 aliphatic carbocycles. The number of thiophene rings is 1. The van der Waals surface area contributed by atoms with Crippen LogP contribution in [0.5, 0.6) is 0 Å². The van der Waals surface area contributed by atoms with Crippen LogP contribution in [-0.4, -0.2) is 17.4 Å². The van der Waals surface area contributed by atoms with Crippen molar-refractivity contribution in [3.8, 4) is 11.8 Å². The Morgan fingerprint density at radius 2 is 2.37 bits per heavy atom. The maximum absolute atomic E-state index is 11.9. The number of hydrogen-bond acceptors (Lipinski definition) is 4. The largest absolute Gasteiger partial charge is 0.347 e. The van der Waals surface area contributed by atoms with E-state index in [1.54, 1.807) is 23.6 Å². The lowest BCUT2D eigenvalue weighted by molar-refractivity contribution is 0.0951. The normalized spacial score (nSPS) is 9.53. The molecule has 19 heavy (non-hydrogen) atoms. The minimum atomic E-state index is -0.155. The van der Waals surface area contributed by atoms with Crippen LogP contribution in [0.25, 0.3) is 0 Å². The number of amides is 1. The van der Waals surface area contributed by atoms with Gasteiger partial charge in [0.25, 0.3) is 5.91 Å². The molecule has 0 aliphatic heterocycles. The highest BCUT2D eigenvalue weighted by Crippen LogP contribution is 2.08. The maximum Gasteiger partial charge on any atom is 0.253 e. The molecule has 0 spiro atoms. The van der Waals surface area contributed by atoms with E-state index in [4.69, 9.17) is 5.73 Å². The number of nitrogens with zero attached hydrogens (tertiary/aromatic N) is 1. The van der Waals surface area contributed by atoms with Crippen LogP contribution in [0.3, 0.4) is 0 Å². The molecule has 2 rings (SSSR count). The van der Waals surface area contributed by atoms with E-state index >= 15 is 0 Å². The van der Waals surface area contributed by atoms with Crippen molar-refractivity contribution in [2.24, 2.45) is 5.73 Å². The summed E-state index contributed by atoms with van der Waals surface area (Å²) in [6.45, 7) is 0.810. The topological polar surface area (TPSA) is 68.0 Å². The van der Waals surface area contributed by atoms with Crippen molar-refractivity contribution in [2.75, 3.05) is 6.54 Å². The minimum absolute atomic E-state index is 0.155. The molecule has 5 heteroatoms. The lowest BCUT2D eigenvalue weighted by Gasteiger charge is -2.03. The first-order valence-electron chi connectivity index (χ1n) is 5.74. The summed E-state index contributed by atoms with van der Waals surface area (Å²) >= 11 is 1.61. The van der Waals surface area contributed by atoms with E-state index in [0.29, 0.717) is 17.7 Å². The molecule has 2 heterocycles. The van der Waals surface area contributed by atoms with Gasteiger partial charge in [-0.05, 0) is 17.5 Å². The summed E-state index contributed by atoms with van der Waals surface area (Å²) in [5, 5.41) is 4.82. The molecular weight excluding hydrogens is 258 g/mol. The molecule has 1 amide bonds. The van der Waals surface area contributed by atoms with Crippen molar-refractivity contribution >= 4 is 17.2 Å². The van der Waals surface area contributed by atoms with Crippen LogP contribution >= 0.6 is 11.3 Å². The molecule has 0 radical (unpaired) electrons. The highest BCUT2D eigenvalue weighted by molar-refractivity contribution is 7.09. The summed E-state index contributed by atoms with van der Waals surface area (Å²) in [6, 6.07) is 5.64. The third kappa shape index (κ3) is 3.91. The van der Waals surface area contributed by atoms with Gasteiger partial charge in [-0.1, -0.05) is 17.9 Å². The Hall–Kier alpha value is -2.16. The fourth-order valence-electron chi connectivity index (χ4n) is 1.47. The zero-order chi connectivity index (χ0) is 13.5. The van der Waals surface area contributed by atoms with Gasteiger partial charge < -0.3 is 11.1 Å². The lowest BCUT2D eigenvalue weighted by atomic mass is 10.2. The van der Waals surface area contributed by atoms with E-state index < -0.39 is 0 Å². The second-order valence-corrected chi connectivity index (χ2v) is 4.76. The zero-order valence-corrected chi connectivity index (χ0v) is 11.0. The van der Waals surface area contributed by atoms with E-state index in [2.05, 4.69) is 22.1 Å². The molecule has 3 N–H and O–H groups in total. The van der Waals surface area contributed by atoms with Crippen molar-refractivity contribution in [1.82, 2.24) is 10.3 Å². The molecular formula is C14H13N3OS. The van der Waals surface area contributed by atoms with Crippen LogP contribution in [-0.2, 0) is 6.54 Å². The molecule has 0 aliphatic rings. The SMILES string of the molecule is NCC#Cc1cncc(C(=O)NCc2cccs2)c1. The van der Waals surface area contributed by atoms with E-state index in [1.165, 1.54) is 6.20 Å². The molecule has 4 nitrogen and oxygen atoms in total. The van der Waals surface area contributed by atoms with Gasteiger partial charge in [-0.15, -0.1) is 11.3 Å². The van der Waals surface area contributed by atoms with E-state index in [0.717, 1.165) is 4.88 Å². The van der Waals surface area contributed by atoms with Crippen LogP contribution in [0, 0.1) is 11.8 Å². The van der Waals surface area contributed by atoms with Gasteiger partial charge in [-0.3, -0.25) is 9.78 Å². The number of carbonyl (C=O) groups excluding carboxylic acids is 1. The van der Waals surface area contributed by atoms with Gasteiger partial charge in [0.15, 0.2) is 0 Å². The highest BCUT2D eigenvalue weighted by Gasteiger charge is 2.06. The van der Waals surface area contributed by atoms with E-state index in [9.17, 15) is 4.79 Å². The Morgan fingerprint density at radius 3 is 3.11 bits per heavy atom. The highest BCUT2D eigenvalue weighted by atomic mass is 32.1. The van der Waals surface area contributed by atoms with Crippen LogP contribution in [0.2, 0.25) is 0 Å². The Balaban J connectivity index is 2.02. The van der Waals surface area contributed by atoms with Crippen LogP contribution in [0.1, 0.15) is 20.8 Å². The molecule has 0 atom stereocenters. The monoisotopic (exact) mass is 271 g/mol. The summed E-state index contributed by atoms with van der Waals surface area (Å²) < 4.78 is 0. The summed E-state index contributed by atoms with van der Waals surface area (Å²) in [6.07, 6.45) is 3.14. The second kappa shape index (κ2) is 6.69. The number of nitrogens with two attached hydrogens (primary N) is 1. The quantitative estimate of drug-likeness (QED) is 0.829. The first kappa shape index (κ1) is 13.3. The molecule has 0 saturated carbocycles. The Bertz CT molecular complexity index is 611. The van der Waals surface area contributed by atoms with Gasteiger partial charge >= 0.3 is 0 Å². The van der Waals surface area contributed by atoms with Gasteiger partial charge in [0.05, 0.1) is 18.7 Å². The number of pyridine rings is 1. The molecule has 0 saturated heterocycles. The van der Waals surface area contributed by atoms with Crippen LogP contribution < -0.4 is 11.1 Å². The zero-order valence-electron chi connectivity index (χ0n) is 10.2. The van der Waals surface area contributed by atoms with Gasteiger partial charge in [0.1, 0.15) is 0 Å². The first-order valence-corrected chi connectivity index (χ1v) is 6.62. The van der Waals surface area contributed by atoms with Crippen molar-refractivity contribution < 1.29 is 4.79 Å². The summed E-state index contributed by atoms with van der Waals surface area (Å²) in [4.78, 5) is 17.1. The number of nitrogens with one attached hydrogen (secondary N) is 1. The maximum atomic E-state index is 11.9. The van der Waals surface area contributed by atoms with E-state index in [1.807, 2.05) is 17.5 Å². The van der Waals surface area contributed by atoms with Gasteiger partial charge in [-0.2, -0.15) is 0 Å². The summed E-state index contributed by atoms with van der Waals surface area (Å²) in [5.74, 6) is 5.43. The van der Waals surface area contributed by atoms with Crippen molar-refractivity contribution in [1.29, 1.82) is 0 Å². The molecule has 2 aromatic heterocycles. The molecule has 96 valence electrons. The fraction of sp³-hybridized carbons (Fsp3) is 0.143. The van der Waals surface area contributed by atoms with Gasteiger partial charge in [0.2, 0.25) is 0 Å². The summed E-state index contributed by atoms with van der Waals surface area (Å²) in [5.41, 5.74) is 6.49. The molecule has 0 fully saturated rings. The average Bonchev–Trinajstić information content (AvgIpc) is 2.96.